The van der Waals surface area contributed by atoms with Gasteiger partial charge in [-0.25, -0.2) is 9.18 Å². The van der Waals surface area contributed by atoms with E-state index in [4.69, 9.17) is 16.0 Å². The quantitative estimate of drug-likeness (QED) is 0.686. The molecule has 1 aliphatic carbocycles. The Balaban J connectivity index is 1.61. The van der Waals surface area contributed by atoms with Crippen LogP contribution in [0.3, 0.4) is 0 Å². The lowest BCUT2D eigenvalue weighted by molar-refractivity contribution is -0.133. The van der Waals surface area contributed by atoms with Gasteiger partial charge >= 0.3 is 5.76 Å². The van der Waals surface area contributed by atoms with Gasteiger partial charge in [0, 0.05) is 29.2 Å². The van der Waals surface area contributed by atoms with Gasteiger partial charge < -0.3 is 9.32 Å². The van der Waals surface area contributed by atoms with Crippen molar-refractivity contribution in [3.63, 3.8) is 0 Å². The third kappa shape index (κ3) is 3.24. The molecule has 7 heteroatoms. The number of halogens is 2. The van der Waals surface area contributed by atoms with E-state index in [0.717, 1.165) is 12.8 Å². The number of hydrogen-bond donors (Lipinski definition) is 0. The van der Waals surface area contributed by atoms with Gasteiger partial charge in [-0.3, -0.25) is 9.36 Å². The lowest BCUT2D eigenvalue weighted by atomic mass is 10.2. The lowest BCUT2D eigenvalue weighted by Crippen LogP contribution is -2.37. The highest BCUT2D eigenvalue weighted by molar-refractivity contribution is 6.31. The van der Waals surface area contributed by atoms with Crippen LogP contribution in [0.2, 0.25) is 5.02 Å². The molecule has 0 N–H and O–H groups in total. The summed E-state index contributed by atoms with van der Waals surface area (Å²) >= 11 is 5.91. The second kappa shape index (κ2) is 6.61. The maximum atomic E-state index is 14.0. The molecule has 0 unspecified atom stereocenters. The molecule has 0 atom stereocenters. The van der Waals surface area contributed by atoms with Crippen LogP contribution < -0.4 is 5.76 Å². The number of carbonyl (C=O) groups is 1. The van der Waals surface area contributed by atoms with Crippen molar-refractivity contribution in [3.8, 4) is 0 Å². The molecule has 5 nitrogen and oxygen atoms in total. The number of aromatic nitrogens is 1. The predicted molar refractivity (Wildman–Crippen MR) is 95.5 cm³/mol. The number of amides is 1. The van der Waals surface area contributed by atoms with Crippen LogP contribution in [0.25, 0.3) is 11.1 Å². The molecule has 1 fully saturated rings. The molecule has 1 amide bonds. The van der Waals surface area contributed by atoms with Crippen molar-refractivity contribution in [2.75, 3.05) is 0 Å². The van der Waals surface area contributed by atoms with Gasteiger partial charge in [-0.1, -0.05) is 29.8 Å². The Morgan fingerprint density at radius 3 is 2.77 bits per heavy atom. The average molecular weight is 375 g/mol. The van der Waals surface area contributed by atoms with Crippen LogP contribution >= 0.6 is 11.6 Å². The van der Waals surface area contributed by atoms with Crippen LogP contribution in [-0.2, 0) is 17.9 Å². The number of hydrogen-bond acceptors (Lipinski definition) is 3. The van der Waals surface area contributed by atoms with Gasteiger partial charge in [0.15, 0.2) is 5.58 Å². The summed E-state index contributed by atoms with van der Waals surface area (Å²) in [5, 5.41) is 0.448. The van der Waals surface area contributed by atoms with Gasteiger partial charge in [0.1, 0.15) is 12.4 Å². The van der Waals surface area contributed by atoms with Crippen molar-refractivity contribution in [1.82, 2.24) is 9.47 Å². The Bertz CT molecular complexity index is 1040. The van der Waals surface area contributed by atoms with Gasteiger partial charge in [-0.2, -0.15) is 0 Å². The first-order chi connectivity index (χ1) is 12.5. The summed E-state index contributed by atoms with van der Waals surface area (Å²) < 4.78 is 20.4. The summed E-state index contributed by atoms with van der Waals surface area (Å²) in [7, 11) is 0. The van der Waals surface area contributed by atoms with Crippen LogP contribution in [0, 0.1) is 5.82 Å². The van der Waals surface area contributed by atoms with Crippen LogP contribution in [0.4, 0.5) is 4.39 Å². The summed E-state index contributed by atoms with van der Waals surface area (Å²) in [6.45, 7) is 0.0327. The van der Waals surface area contributed by atoms with Crippen LogP contribution in [0.1, 0.15) is 18.4 Å². The van der Waals surface area contributed by atoms with Crippen molar-refractivity contribution >= 4 is 28.6 Å². The summed E-state index contributed by atoms with van der Waals surface area (Å²) in [5.74, 6) is -1.20. The lowest BCUT2D eigenvalue weighted by Gasteiger charge is -2.23. The molecule has 26 heavy (non-hydrogen) atoms. The first-order valence-electron chi connectivity index (χ1n) is 8.34. The first-order valence-corrected chi connectivity index (χ1v) is 8.72. The second-order valence-corrected chi connectivity index (χ2v) is 6.85. The van der Waals surface area contributed by atoms with Crippen LogP contribution in [-0.4, -0.2) is 21.4 Å². The van der Waals surface area contributed by atoms with E-state index < -0.39 is 5.76 Å². The molecular weight excluding hydrogens is 359 g/mol. The van der Waals surface area contributed by atoms with Crippen molar-refractivity contribution in [3.05, 3.63) is 69.4 Å². The molecule has 3 aromatic rings. The molecule has 0 aliphatic heterocycles. The van der Waals surface area contributed by atoms with Gasteiger partial charge in [0.2, 0.25) is 5.91 Å². The molecular formula is C19H16ClFN2O3. The monoisotopic (exact) mass is 374 g/mol. The van der Waals surface area contributed by atoms with E-state index in [2.05, 4.69) is 0 Å². The summed E-state index contributed by atoms with van der Waals surface area (Å²) in [6.07, 6.45) is 1.77. The van der Waals surface area contributed by atoms with Crippen molar-refractivity contribution in [1.29, 1.82) is 0 Å². The zero-order valence-corrected chi connectivity index (χ0v) is 14.6. The Labute approximate surface area is 153 Å². The van der Waals surface area contributed by atoms with E-state index in [1.807, 2.05) is 0 Å². The first kappa shape index (κ1) is 16.8. The molecule has 0 radical (unpaired) electrons. The van der Waals surface area contributed by atoms with E-state index in [-0.39, 0.29) is 30.9 Å². The molecule has 0 bridgehead atoms. The fraction of sp³-hybridized carbons (Fsp3) is 0.263. The predicted octanol–water partition coefficient (Wildman–Crippen LogP) is 3.58. The summed E-state index contributed by atoms with van der Waals surface area (Å²) in [6, 6.07) is 11.3. The SMILES string of the molecule is O=C(Cn1c(=O)oc2cc(Cl)ccc21)N(Cc1ccccc1F)C1CC1. The fourth-order valence-electron chi connectivity index (χ4n) is 3.03. The number of nitrogens with zero attached hydrogens (tertiary/aromatic N) is 2. The molecule has 134 valence electrons. The van der Waals surface area contributed by atoms with E-state index >= 15 is 0 Å². The molecule has 0 saturated heterocycles. The van der Waals surface area contributed by atoms with E-state index in [1.54, 1.807) is 35.2 Å². The van der Waals surface area contributed by atoms with Crippen molar-refractivity contribution in [2.45, 2.75) is 32.0 Å². The van der Waals surface area contributed by atoms with Crippen molar-refractivity contribution in [2.24, 2.45) is 0 Å². The topological polar surface area (TPSA) is 55.5 Å². The Kier molecular flexibility index (Phi) is 4.28. The smallest absolute Gasteiger partial charge is 0.408 e. The average Bonchev–Trinajstić information content (AvgIpc) is 3.39. The highest BCUT2D eigenvalue weighted by Crippen LogP contribution is 2.29. The Morgan fingerprint density at radius 1 is 1.27 bits per heavy atom. The summed E-state index contributed by atoms with van der Waals surface area (Å²) in [4.78, 5) is 26.6. The minimum atomic E-state index is -0.614. The largest absolute Gasteiger partial charge is 0.420 e. The maximum Gasteiger partial charge on any atom is 0.420 e. The highest BCUT2D eigenvalue weighted by Gasteiger charge is 2.33. The highest BCUT2D eigenvalue weighted by atomic mass is 35.5. The molecule has 2 aromatic carbocycles. The molecule has 1 aromatic heterocycles. The van der Waals surface area contributed by atoms with Crippen LogP contribution in [0.15, 0.2) is 51.7 Å². The van der Waals surface area contributed by atoms with Gasteiger partial charge in [0.05, 0.1) is 5.52 Å². The second-order valence-electron chi connectivity index (χ2n) is 6.41. The van der Waals surface area contributed by atoms with E-state index in [9.17, 15) is 14.0 Å². The molecule has 4 rings (SSSR count). The van der Waals surface area contributed by atoms with Crippen LogP contribution in [0.5, 0.6) is 0 Å². The zero-order chi connectivity index (χ0) is 18.3. The zero-order valence-electron chi connectivity index (χ0n) is 13.8. The van der Waals surface area contributed by atoms with Crippen molar-refractivity contribution < 1.29 is 13.6 Å². The van der Waals surface area contributed by atoms with Gasteiger partial charge in [-0.15, -0.1) is 0 Å². The van der Waals surface area contributed by atoms with Gasteiger partial charge in [-0.05, 0) is 31.0 Å². The summed E-state index contributed by atoms with van der Waals surface area (Å²) in [5.41, 5.74) is 1.31. The maximum absolute atomic E-state index is 14.0. The fourth-order valence-corrected chi connectivity index (χ4v) is 3.20. The Morgan fingerprint density at radius 2 is 2.04 bits per heavy atom. The number of rotatable bonds is 5. The minimum Gasteiger partial charge on any atom is -0.408 e. The normalized spacial score (nSPS) is 13.9. The minimum absolute atomic E-state index is 0.0883. The molecule has 1 heterocycles. The molecule has 1 saturated carbocycles. The third-order valence-corrected chi connectivity index (χ3v) is 4.77. The number of benzene rings is 2. The number of oxazole rings is 1. The number of carbonyl (C=O) groups excluding carboxylic acids is 1. The Hall–Kier alpha value is -2.60. The standard InChI is InChI=1S/C19H16ClFN2O3/c20-13-5-8-16-17(9-13)26-19(25)23(16)11-18(24)22(14-6-7-14)10-12-3-1-2-4-15(12)21/h1-5,8-9,14H,6-7,10-11H2. The third-order valence-electron chi connectivity index (χ3n) is 4.53. The molecule has 1 aliphatic rings. The van der Waals surface area contributed by atoms with Gasteiger partial charge in [0.25, 0.3) is 0 Å². The van der Waals surface area contributed by atoms with E-state index in [1.165, 1.54) is 16.7 Å². The van der Waals surface area contributed by atoms with E-state index in [0.29, 0.717) is 21.7 Å². The molecule has 0 spiro atoms. The number of fused-ring (bicyclic) bond motifs is 1.